The second kappa shape index (κ2) is 5.57. The number of amides is 1. The van der Waals surface area contributed by atoms with Gasteiger partial charge in [-0.15, -0.1) is 0 Å². The van der Waals surface area contributed by atoms with E-state index < -0.39 is 0 Å². The Bertz CT molecular complexity index is 619. The van der Waals surface area contributed by atoms with Crippen LogP contribution in [0, 0.1) is 13.8 Å². The summed E-state index contributed by atoms with van der Waals surface area (Å²) < 4.78 is 2.61. The van der Waals surface area contributed by atoms with E-state index in [4.69, 9.17) is 0 Å². The van der Waals surface area contributed by atoms with Crippen molar-refractivity contribution in [3.8, 4) is 0 Å². The van der Waals surface area contributed by atoms with Gasteiger partial charge < -0.3 is 5.32 Å². The fourth-order valence-corrected chi connectivity index (χ4v) is 2.26. The first-order valence-electron chi connectivity index (χ1n) is 6.14. The number of aryl methyl sites for hydroxylation is 3. The monoisotopic (exact) mass is 321 g/mol. The molecular formula is C14H16BrN3O. The molecule has 2 aromatic rings. The van der Waals surface area contributed by atoms with Crippen LogP contribution in [0.15, 0.2) is 28.7 Å². The quantitative estimate of drug-likeness (QED) is 0.939. The third-order valence-corrected chi connectivity index (χ3v) is 3.93. The topological polar surface area (TPSA) is 46.9 Å². The van der Waals surface area contributed by atoms with Gasteiger partial charge in [0.25, 0.3) is 5.91 Å². The van der Waals surface area contributed by atoms with E-state index >= 15 is 0 Å². The summed E-state index contributed by atoms with van der Waals surface area (Å²) in [4.78, 5) is 12.3. The van der Waals surface area contributed by atoms with Gasteiger partial charge in [-0.05, 0) is 54.4 Å². The zero-order chi connectivity index (χ0) is 14.0. The second-order valence-corrected chi connectivity index (χ2v) is 5.17. The van der Waals surface area contributed by atoms with Crippen LogP contribution >= 0.6 is 15.9 Å². The number of carbonyl (C=O) groups excluding carboxylic acids is 1. The fraction of sp³-hybridized carbons (Fsp3) is 0.286. The third kappa shape index (κ3) is 2.87. The van der Waals surface area contributed by atoms with Crippen LogP contribution in [0.3, 0.4) is 0 Å². The van der Waals surface area contributed by atoms with Crippen molar-refractivity contribution in [3.63, 3.8) is 0 Å². The molecule has 0 bridgehead atoms. The van der Waals surface area contributed by atoms with E-state index in [0.29, 0.717) is 12.2 Å². The highest BCUT2D eigenvalue weighted by Crippen LogP contribution is 2.26. The number of aromatic nitrogens is 2. The molecule has 1 N–H and O–H groups in total. The van der Waals surface area contributed by atoms with Crippen LogP contribution in [-0.4, -0.2) is 15.7 Å². The summed E-state index contributed by atoms with van der Waals surface area (Å²) >= 11 is 3.48. The van der Waals surface area contributed by atoms with Crippen molar-refractivity contribution in [1.82, 2.24) is 9.78 Å². The summed E-state index contributed by atoms with van der Waals surface area (Å²) in [5.41, 5.74) is 3.27. The van der Waals surface area contributed by atoms with Gasteiger partial charge in [-0.25, -0.2) is 0 Å². The van der Waals surface area contributed by atoms with Crippen molar-refractivity contribution in [2.24, 2.45) is 0 Å². The molecule has 19 heavy (non-hydrogen) atoms. The summed E-state index contributed by atoms with van der Waals surface area (Å²) in [6, 6.07) is 7.56. The smallest absolute Gasteiger partial charge is 0.273 e. The number of hydrogen-bond donors (Lipinski definition) is 1. The number of anilines is 1. The molecule has 0 aliphatic carbocycles. The molecule has 0 saturated carbocycles. The van der Waals surface area contributed by atoms with E-state index in [1.165, 1.54) is 0 Å². The van der Waals surface area contributed by atoms with Crippen LogP contribution in [0.5, 0.6) is 0 Å². The molecule has 0 saturated heterocycles. The number of nitrogens with zero attached hydrogens (tertiary/aromatic N) is 2. The van der Waals surface area contributed by atoms with Gasteiger partial charge in [0.05, 0.1) is 11.4 Å². The van der Waals surface area contributed by atoms with Crippen LogP contribution in [0.1, 0.15) is 28.7 Å². The molecule has 1 amide bonds. The Kier molecular flexibility index (Phi) is 4.04. The van der Waals surface area contributed by atoms with Gasteiger partial charge >= 0.3 is 0 Å². The van der Waals surface area contributed by atoms with Crippen molar-refractivity contribution in [1.29, 1.82) is 0 Å². The SMILES string of the molecule is CCn1nc(C)cc1C(=O)Nc1cccc(C)c1Br. The molecule has 0 unspecified atom stereocenters. The number of nitrogens with one attached hydrogen (secondary N) is 1. The lowest BCUT2D eigenvalue weighted by Crippen LogP contribution is -2.17. The van der Waals surface area contributed by atoms with Gasteiger partial charge in [0, 0.05) is 11.0 Å². The Hall–Kier alpha value is -1.62. The Morgan fingerprint density at radius 2 is 2.16 bits per heavy atom. The zero-order valence-corrected chi connectivity index (χ0v) is 12.8. The van der Waals surface area contributed by atoms with Gasteiger partial charge in [-0.2, -0.15) is 5.10 Å². The third-order valence-electron chi connectivity index (χ3n) is 2.87. The maximum atomic E-state index is 12.3. The number of hydrogen-bond acceptors (Lipinski definition) is 2. The first-order chi connectivity index (χ1) is 9.02. The van der Waals surface area contributed by atoms with Crippen LogP contribution in [-0.2, 0) is 6.54 Å². The number of benzene rings is 1. The molecule has 0 spiro atoms. The maximum Gasteiger partial charge on any atom is 0.273 e. The molecule has 4 nitrogen and oxygen atoms in total. The summed E-state index contributed by atoms with van der Waals surface area (Å²) in [6.07, 6.45) is 0. The van der Waals surface area contributed by atoms with Crippen molar-refractivity contribution in [2.75, 3.05) is 5.32 Å². The summed E-state index contributed by atoms with van der Waals surface area (Å²) in [7, 11) is 0. The average Bonchev–Trinajstić information content (AvgIpc) is 2.76. The van der Waals surface area contributed by atoms with Crippen LogP contribution in [0.2, 0.25) is 0 Å². The molecule has 0 aliphatic heterocycles. The first kappa shape index (κ1) is 13.8. The van der Waals surface area contributed by atoms with E-state index in [-0.39, 0.29) is 5.91 Å². The van der Waals surface area contributed by atoms with Gasteiger partial charge in [-0.1, -0.05) is 12.1 Å². The molecule has 2 rings (SSSR count). The predicted octanol–water partition coefficient (Wildman–Crippen LogP) is 3.53. The summed E-state index contributed by atoms with van der Waals surface area (Å²) in [5.74, 6) is -0.145. The van der Waals surface area contributed by atoms with Crippen molar-refractivity contribution >= 4 is 27.5 Å². The van der Waals surface area contributed by atoms with Crippen LogP contribution in [0.25, 0.3) is 0 Å². The zero-order valence-electron chi connectivity index (χ0n) is 11.2. The first-order valence-corrected chi connectivity index (χ1v) is 6.93. The summed E-state index contributed by atoms with van der Waals surface area (Å²) in [5, 5.41) is 7.18. The van der Waals surface area contributed by atoms with Crippen LogP contribution in [0.4, 0.5) is 5.69 Å². The Morgan fingerprint density at radius 1 is 1.42 bits per heavy atom. The van der Waals surface area contributed by atoms with Crippen molar-refractivity contribution in [2.45, 2.75) is 27.3 Å². The van der Waals surface area contributed by atoms with E-state index in [2.05, 4.69) is 26.3 Å². The lowest BCUT2D eigenvalue weighted by atomic mass is 10.2. The standard InChI is InChI=1S/C14H16BrN3O/c1-4-18-12(8-10(3)17-18)14(19)16-11-7-5-6-9(2)13(11)15/h5-8H,4H2,1-3H3,(H,16,19). The largest absolute Gasteiger partial charge is 0.320 e. The minimum atomic E-state index is -0.145. The molecule has 1 aromatic carbocycles. The van der Waals surface area contributed by atoms with Crippen molar-refractivity contribution in [3.05, 3.63) is 45.7 Å². The van der Waals surface area contributed by atoms with Crippen molar-refractivity contribution < 1.29 is 4.79 Å². The number of carbonyl (C=O) groups is 1. The molecule has 0 aliphatic rings. The van der Waals surface area contributed by atoms with E-state index in [1.807, 2.05) is 39.0 Å². The number of halogens is 1. The lowest BCUT2D eigenvalue weighted by Gasteiger charge is -2.09. The Morgan fingerprint density at radius 3 is 2.84 bits per heavy atom. The minimum Gasteiger partial charge on any atom is -0.320 e. The van der Waals surface area contributed by atoms with Gasteiger partial charge in [0.2, 0.25) is 0 Å². The minimum absolute atomic E-state index is 0.145. The molecule has 0 radical (unpaired) electrons. The normalized spacial score (nSPS) is 10.5. The lowest BCUT2D eigenvalue weighted by molar-refractivity contribution is 0.101. The molecule has 1 aromatic heterocycles. The molecular weight excluding hydrogens is 306 g/mol. The van der Waals surface area contributed by atoms with E-state index in [9.17, 15) is 4.79 Å². The van der Waals surface area contributed by atoms with E-state index in [1.54, 1.807) is 10.7 Å². The highest BCUT2D eigenvalue weighted by Gasteiger charge is 2.14. The maximum absolute atomic E-state index is 12.3. The van der Waals surface area contributed by atoms with Crippen LogP contribution < -0.4 is 5.32 Å². The highest BCUT2D eigenvalue weighted by molar-refractivity contribution is 9.10. The predicted molar refractivity (Wildman–Crippen MR) is 79.5 cm³/mol. The molecule has 1 heterocycles. The fourth-order valence-electron chi connectivity index (χ4n) is 1.90. The molecule has 100 valence electrons. The second-order valence-electron chi connectivity index (χ2n) is 4.38. The summed E-state index contributed by atoms with van der Waals surface area (Å²) in [6.45, 7) is 6.50. The van der Waals surface area contributed by atoms with Gasteiger partial charge in [-0.3, -0.25) is 9.48 Å². The van der Waals surface area contributed by atoms with E-state index in [0.717, 1.165) is 21.4 Å². The Balaban J connectivity index is 2.28. The molecule has 5 heteroatoms. The van der Waals surface area contributed by atoms with Gasteiger partial charge in [0.15, 0.2) is 0 Å². The molecule has 0 atom stereocenters. The van der Waals surface area contributed by atoms with Gasteiger partial charge in [0.1, 0.15) is 5.69 Å². The highest BCUT2D eigenvalue weighted by atomic mass is 79.9. The average molecular weight is 322 g/mol. The number of rotatable bonds is 3. The Labute approximate surface area is 120 Å². The molecule has 0 fully saturated rings.